The topological polar surface area (TPSA) is 46.2 Å². The van der Waals surface area contributed by atoms with E-state index in [0.717, 1.165) is 38.4 Å². The third kappa shape index (κ3) is 2.33. The predicted octanol–water partition coefficient (Wildman–Crippen LogP) is 0.490. The average molecular weight is 155 g/mol. The van der Waals surface area contributed by atoms with E-state index >= 15 is 0 Å². The van der Waals surface area contributed by atoms with Gasteiger partial charge < -0.3 is 10.1 Å². The van der Waals surface area contributed by atoms with E-state index < -0.39 is 0 Å². The number of rotatable bonds is 3. The fourth-order valence-electron chi connectivity index (χ4n) is 1.60. The highest BCUT2D eigenvalue weighted by molar-refractivity contribution is 5.54. The Balaban J connectivity index is 2.32. The molecule has 0 bridgehead atoms. The summed E-state index contributed by atoms with van der Waals surface area (Å²) in [7, 11) is 0. The molecule has 62 valence electrons. The first kappa shape index (κ1) is 8.24. The smallest absolute Gasteiger partial charge is 0.207 e. The lowest BCUT2D eigenvalue weighted by Gasteiger charge is -2.24. The molecule has 0 saturated heterocycles. The monoisotopic (exact) mass is 155 g/mol. The molecule has 1 saturated carbocycles. The normalized spacial score (nSPS) is 30.9. The molecule has 0 radical (unpaired) electrons. The van der Waals surface area contributed by atoms with Crippen LogP contribution in [-0.2, 0) is 9.59 Å². The lowest BCUT2D eigenvalue weighted by Crippen LogP contribution is -2.33. The van der Waals surface area contributed by atoms with Crippen molar-refractivity contribution in [2.45, 2.75) is 31.7 Å². The minimum Gasteiger partial charge on any atom is -0.356 e. The summed E-state index contributed by atoms with van der Waals surface area (Å²) >= 11 is 0. The van der Waals surface area contributed by atoms with Crippen molar-refractivity contribution in [2.75, 3.05) is 0 Å². The highest BCUT2D eigenvalue weighted by Crippen LogP contribution is 2.21. The molecule has 1 aliphatic rings. The zero-order valence-corrected chi connectivity index (χ0v) is 6.45. The lowest BCUT2D eigenvalue weighted by molar-refractivity contribution is -0.114. The largest absolute Gasteiger partial charge is 0.356 e. The van der Waals surface area contributed by atoms with Gasteiger partial charge in [-0.1, -0.05) is 6.42 Å². The Morgan fingerprint density at radius 2 is 2.09 bits per heavy atom. The molecule has 2 atom stereocenters. The van der Waals surface area contributed by atoms with E-state index in [2.05, 4.69) is 5.32 Å². The lowest BCUT2D eigenvalue weighted by atomic mass is 9.87. The van der Waals surface area contributed by atoms with Crippen LogP contribution in [-0.4, -0.2) is 18.7 Å². The van der Waals surface area contributed by atoms with E-state index in [1.807, 2.05) is 0 Å². The molecule has 1 amide bonds. The van der Waals surface area contributed by atoms with Crippen LogP contribution in [0.1, 0.15) is 25.7 Å². The number of nitrogens with one attached hydrogen (secondary N) is 1. The molecule has 1 rings (SSSR count). The molecule has 0 heterocycles. The Morgan fingerprint density at radius 1 is 1.27 bits per heavy atom. The van der Waals surface area contributed by atoms with Crippen molar-refractivity contribution in [3.8, 4) is 0 Å². The van der Waals surface area contributed by atoms with Gasteiger partial charge in [0.25, 0.3) is 0 Å². The van der Waals surface area contributed by atoms with E-state index in [4.69, 9.17) is 0 Å². The van der Waals surface area contributed by atoms with Gasteiger partial charge in [0.2, 0.25) is 6.41 Å². The summed E-state index contributed by atoms with van der Waals surface area (Å²) in [5.74, 6) is 0.168. The van der Waals surface area contributed by atoms with Crippen LogP contribution in [0.25, 0.3) is 0 Å². The summed E-state index contributed by atoms with van der Waals surface area (Å²) in [6, 6.07) is 0.233. The molecule has 0 aromatic heterocycles. The number of hydrogen-bond donors (Lipinski definition) is 1. The van der Waals surface area contributed by atoms with Crippen molar-refractivity contribution < 1.29 is 9.59 Å². The molecule has 0 aromatic carbocycles. The molecule has 11 heavy (non-hydrogen) atoms. The minimum absolute atomic E-state index is 0.168. The molecule has 1 aliphatic carbocycles. The van der Waals surface area contributed by atoms with Crippen molar-refractivity contribution in [2.24, 2.45) is 5.92 Å². The van der Waals surface area contributed by atoms with Gasteiger partial charge in [-0.25, -0.2) is 0 Å². The highest BCUT2D eigenvalue weighted by atomic mass is 16.1. The van der Waals surface area contributed by atoms with Crippen LogP contribution in [0.2, 0.25) is 0 Å². The Hall–Kier alpha value is -0.860. The minimum atomic E-state index is 0.168. The van der Waals surface area contributed by atoms with E-state index in [0.29, 0.717) is 0 Å². The van der Waals surface area contributed by atoms with Gasteiger partial charge in [0.05, 0.1) is 0 Å². The van der Waals surface area contributed by atoms with Crippen LogP contribution >= 0.6 is 0 Å². The summed E-state index contributed by atoms with van der Waals surface area (Å²) in [6.07, 6.45) is 5.59. The van der Waals surface area contributed by atoms with Crippen molar-refractivity contribution in [3.63, 3.8) is 0 Å². The van der Waals surface area contributed by atoms with Gasteiger partial charge in [-0.2, -0.15) is 0 Å². The van der Waals surface area contributed by atoms with Gasteiger partial charge in [-0.3, -0.25) is 4.79 Å². The maximum absolute atomic E-state index is 10.4. The van der Waals surface area contributed by atoms with E-state index in [1.54, 1.807) is 0 Å². The molecule has 0 unspecified atom stereocenters. The van der Waals surface area contributed by atoms with Crippen molar-refractivity contribution in [1.29, 1.82) is 0 Å². The van der Waals surface area contributed by atoms with Gasteiger partial charge in [0, 0.05) is 12.0 Å². The van der Waals surface area contributed by atoms with Gasteiger partial charge in [0.15, 0.2) is 0 Å². The van der Waals surface area contributed by atoms with Crippen LogP contribution in [0.15, 0.2) is 0 Å². The van der Waals surface area contributed by atoms with Gasteiger partial charge in [0.1, 0.15) is 6.29 Å². The van der Waals surface area contributed by atoms with E-state index in [1.165, 1.54) is 0 Å². The van der Waals surface area contributed by atoms with Crippen molar-refractivity contribution in [1.82, 2.24) is 5.32 Å². The van der Waals surface area contributed by atoms with Crippen LogP contribution in [0, 0.1) is 5.92 Å². The molecule has 3 nitrogen and oxygen atoms in total. The summed E-state index contributed by atoms with van der Waals surface area (Å²) in [6.45, 7) is 0. The van der Waals surface area contributed by atoms with Gasteiger partial charge >= 0.3 is 0 Å². The van der Waals surface area contributed by atoms with E-state index in [9.17, 15) is 9.59 Å². The van der Waals surface area contributed by atoms with Crippen LogP contribution in [0.5, 0.6) is 0 Å². The van der Waals surface area contributed by atoms with Gasteiger partial charge in [-0.05, 0) is 19.3 Å². The highest BCUT2D eigenvalue weighted by Gasteiger charge is 2.20. The number of aldehydes is 1. The third-order valence-electron chi connectivity index (χ3n) is 2.21. The van der Waals surface area contributed by atoms with Crippen LogP contribution in [0.4, 0.5) is 0 Å². The molecular weight excluding hydrogens is 142 g/mol. The Morgan fingerprint density at radius 3 is 2.73 bits per heavy atom. The summed E-state index contributed by atoms with van der Waals surface area (Å²) in [5, 5.41) is 2.71. The van der Waals surface area contributed by atoms with Crippen molar-refractivity contribution in [3.05, 3.63) is 0 Å². The molecule has 0 spiro atoms. The third-order valence-corrected chi connectivity index (χ3v) is 2.21. The van der Waals surface area contributed by atoms with Crippen LogP contribution < -0.4 is 5.32 Å². The second kappa shape index (κ2) is 4.11. The molecule has 1 N–H and O–H groups in total. The molecule has 0 aromatic rings. The van der Waals surface area contributed by atoms with Crippen molar-refractivity contribution >= 4 is 12.7 Å². The molecule has 0 aliphatic heterocycles. The number of amides is 1. The second-order valence-corrected chi connectivity index (χ2v) is 3.04. The number of hydrogen-bond acceptors (Lipinski definition) is 2. The summed E-state index contributed by atoms with van der Waals surface area (Å²) in [5.41, 5.74) is 0. The second-order valence-electron chi connectivity index (χ2n) is 3.04. The first-order valence-electron chi connectivity index (χ1n) is 4.02. The SMILES string of the molecule is O=CN[C@@H]1CCC[C@H](C=O)C1. The molecular formula is C8H13NO2. The Kier molecular flexibility index (Phi) is 3.08. The summed E-state index contributed by atoms with van der Waals surface area (Å²) < 4.78 is 0. The number of carbonyl (C=O) groups excluding carboxylic acids is 2. The van der Waals surface area contributed by atoms with E-state index in [-0.39, 0.29) is 12.0 Å². The summed E-state index contributed by atoms with van der Waals surface area (Å²) in [4.78, 5) is 20.5. The maximum atomic E-state index is 10.4. The van der Waals surface area contributed by atoms with Crippen LogP contribution in [0.3, 0.4) is 0 Å². The first-order chi connectivity index (χ1) is 5.36. The Bertz CT molecular complexity index is 147. The zero-order chi connectivity index (χ0) is 8.10. The first-order valence-corrected chi connectivity index (χ1v) is 4.02. The fourth-order valence-corrected chi connectivity index (χ4v) is 1.60. The quantitative estimate of drug-likeness (QED) is 0.603. The average Bonchev–Trinajstić information content (AvgIpc) is 2.06. The predicted molar refractivity (Wildman–Crippen MR) is 41.0 cm³/mol. The molecule has 1 fully saturated rings. The maximum Gasteiger partial charge on any atom is 0.207 e. The Labute approximate surface area is 66.2 Å². The number of carbonyl (C=O) groups is 2. The molecule has 3 heteroatoms. The van der Waals surface area contributed by atoms with Gasteiger partial charge in [-0.15, -0.1) is 0 Å². The standard InChI is InChI=1S/C8H13NO2/c10-5-7-2-1-3-8(4-7)9-6-11/h5-8H,1-4H2,(H,9,11)/t7-,8+/m0/s1. The zero-order valence-electron chi connectivity index (χ0n) is 6.45. The fraction of sp³-hybridized carbons (Fsp3) is 0.750.